The van der Waals surface area contributed by atoms with Crippen molar-refractivity contribution in [1.82, 2.24) is 0 Å². The molecule has 0 aliphatic rings. The van der Waals surface area contributed by atoms with Crippen molar-refractivity contribution in [2.75, 3.05) is 39.6 Å². The van der Waals surface area contributed by atoms with E-state index in [1.807, 2.05) is 36.5 Å². The zero-order chi connectivity index (χ0) is 81.7. The third-order valence-electron chi connectivity index (χ3n) is 16.4. The van der Waals surface area contributed by atoms with Crippen LogP contribution in [0.2, 0.25) is 0 Å². The van der Waals surface area contributed by atoms with E-state index in [1.165, 1.54) is 38.5 Å². The van der Waals surface area contributed by atoms with Crippen LogP contribution in [0.3, 0.4) is 0 Å². The molecule has 112 heavy (non-hydrogen) atoms. The topological polar surface area (TPSA) is 237 Å². The quantitative estimate of drug-likeness (QED) is 0.0169. The van der Waals surface area contributed by atoms with E-state index in [0.29, 0.717) is 38.5 Å². The van der Waals surface area contributed by atoms with Gasteiger partial charge in [-0.2, -0.15) is 0 Å². The minimum Gasteiger partial charge on any atom is -0.462 e. The van der Waals surface area contributed by atoms with Crippen LogP contribution in [-0.2, 0) is 65.4 Å². The van der Waals surface area contributed by atoms with Gasteiger partial charge in [0.25, 0.3) is 0 Å². The Balaban J connectivity index is 5.59. The molecule has 0 heterocycles. The SMILES string of the molecule is CC/C=C\C/C=C\C/C=C\C/C=C\C/C=C\C/C=C\CCC(=O)O[C@H](COC(=O)CCCCC/C=C\C/C=C\C/C=C\C/C=C\C/C=C\CC)COP(=O)(O)OC[C@@H](O)COP(=O)(O)OC[C@@H](COC(=O)CCCCCCC/C=C\CCCCCCCC)OC(=O)CC/C=C\C/C=C\C/C=C\C/C=C\C/C=C\C/C=C\CC. The molecule has 0 aliphatic heterocycles. The lowest BCUT2D eigenvalue weighted by Crippen LogP contribution is -2.30. The van der Waals surface area contributed by atoms with E-state index in [1.54, 1.807) is 0 Å². The molecular formula is C93H146O17P2. The Bertz CT molecular complexity index is 2990. The molecule has 0 spiro atoms. The van der Waals surface area contributed by atoms with Crippen LogP contribution in [0.25, 0.3) is 0 Å². The summed E-state index contributed by atoms with van der Waals surface area (Å²) in [6.07, 6.45) is 105. The number of aliphatic hydroxyl groups excluding tert-OH is 1. The predicted octanol–water partition coefficient (Wildman–Crippen LogP) is 25.2. The molecule has 17 nitrogen and oxygen atoms in total. The monoisotopic (exact) mass is 1600 g/mol. The molecule has 0 rings (SSSR count). The van der Waals surface area contributed by atoms with Crippen LogP contribution < -0.4 is 0 Å². The summed E-state index contributed by atoms with van der Waals surface area (Å²) < 4.78 is 68.5. The lowest BCUT2D eigenvalue weighted by Gasteiger charge is -2.21. The molecule has 0 fully saturated rings. The van der Waals surface area contributed by atoms with Gasteiger partial charge in [-0.3, -0.25) is 37.3 Å². The number of allylic oxidation sites excluding steroid dienone is 36. The van der Waals surface area contributed by atoms with E-state index >= 15 is 0 Å². The van der Waals surface area contributed by atoms with Crippen LogP contribution in [-0.4, -0.2) is 96.7 Å². The molecule has 0 radical (unpaired) electrons. The third kappa shape index (κ3) is 81.4. The van der Waals surface area contributed by atoms with Crippen LogP contribution >= 0.6 is 15.6 Å². The van der Waals surface area contributed by atoms with Gasteiger partial charge in [-0.1, -0.05) is 304 Å². The van der Waals surface area contributed by atoms with Gasteiger partial charge in [-0.15, -0.1) is 0 Å². The summed E-state index contributed by atoms with van der Waals surface area (Å²) in [5.41, 5.74) is 0. The number of phosphoric acid groups is 2. The van der Waals surface area contributed by atoms with E-state index in [0.717, 1.165) is 154 Å². The average Bonchev–Trinajstić information content (AvgIpc) is 0.907. The highest BCUT2D eigenvalue weighted by molar-refractivity contribution is 7.47. The summed E-state index contributed by atoms with van der Waals surface area (Å²) >= 11 is 0. The summed E-state index contributed by atoms with van der Waals surface area (Å²) in [7, 11) is -10.1. The van der Waals surface area contributed by atoms with E-state index in [9.17, 15) is 43.2 Å². The zero-order valence-electron chi connectivity index (χ0n) is 69.0. The van der Waals surface area contributed by atoms with Crippen LogP contribution in [0.15, 0.2) is 219 Å². The molecule has 0 bridgehead atoms. The van der Waals surface area contributed by atoms with E-state index in [4.69, 9.17) is 37.0 Å². The molecule has 2 unspecified atom stereocenters. The minimum absolute atomic E-state index is 0.0429. The van der Waals surface area contributed by atoms with Crippen molar-refractivity contribution in [2.45, 2.75) is 303 Å². The second-order valence-corrected chi connectivity index (χ2v) is 29.8. The van der Waals surface area contributed by atoms with Crippen molar-refractivity contribution in [3.8, 4) is 0 Å². The number of hydrogen-bond donors (Lipinski definition) is 3. The van der Waals surface area contributed by atoms with E-state index in [2.05, 4.69) is 210 Å². The second kappa shape index (κ2) is 82.4. The Morgan fingerprint density at radius 1 is 0.259 bits per heavy atom. The van der Waals surface area contributed by atoms with Gasteiger partial charge < -0.3 is 33.8 Å². The Kier molecular flexibility index (Phi) is 77.5. The van der Waals surface area contributed by atoms with Gasteiger partial charge >= 0.3 is 39.5 Å². The van der Waals surface area contributed by atoms with Crippen molar-refractivity contribution in [3.05, 3.63) is 219 Å². The number of ether oxygens (including phenoxy) is 4. The molecule has 630 valence electrons. The first-order valence-electron chi connectivity index (χ1n) is 42.0. The lowest BCUT2D eigenvalue weighted by atomic mass is 10.1. The number of carbonyl (C=O) groups excluding carboxylic acids is 4. The fourth-order valence-corrected chi connectivity index (χ4v) is 11.8. The minimum atomic E-state index is -5.03. The average molecular weight is 1600 g/mol. The maximum absolute atomic E-state index is 13.1. The number of hydrogen-bond acceptors (Lipinski definition) is 15. The molecule has 3 N–H and O–H groups in total. The number of carbonyl (C=O) groups is 4. The molecule has 0 aromatic carbocycles. The van der Waals surface area contributed by atoms with E-state index in [-0.39, 0.29) is 25.7 Å². The van der Waals surface area contributed by atoms with Crippen molar-refractivity contribution in [1.29, 1.82) is 0 Å². The molecule has 5 atom stereocenters. The highest BCUT2D eigenvalue weighted by atomic mass is 31.2. The zero-order valence-corrected chi connectivity index (χ0v) is 70.8. The Labute approximate surface area is 677 Å². The maximum Gasteiger partial charge on any atom is 0.472 e. The van der Waals surface area contributed by atoms with Crippen LogP contribution in [0.4, 0.5) is 0 Å². The van der Waals surface area contributed by atoms with Crippen molar-refractivity contribution in [2.24, 2.45) is 0 Å². The summed E-state index contributed by atoms with van der Waals surface area (Å²) in [5.74, 6) is -2.44. The predicted molar refractivity (Wildman–Crippen MR) is 463 cm³/mol. The molecular weight excluding hydrogens is 1450 g/mol. The Hall–Kier alpha value is -6.62. The number of phosphoric ester groups is 2. The molecule has 0 saturated heterocycles. The Morgan fingerprint density at radius 3 is 0.768 bits per heavy atom. The highest BCUT2D eigenvalue weighted by Crippen LogP contribution is 2.45. The van der Waals surface area contributed by atoms with Crippen molar-refractivity contribution in [3.63, 3.8) is 0 Å². The summed E-state index contributed by atoms with van der Waals surface area (Å²) in [5, 5.41) is 10.7. The molecule has 0 aliphatic carbocycles. The van der Waals surface area contributed by atoms with Crippen molar-refractivity contribution < 1.29 is 80.2 Å². The number of unbranched alkanes of at least 4 members (excludes halogenated alkanes) is 14. The van der Waals surface area contributed by atoms with Crippen LogP contribution in [0.5, 0.6) is 0 Å². The standard InChI is InChI=1S/C93H146O17P2/c1-5-9-13-17-21-25-29-33-37-40-43-46-50-54-58-62-66-70-74-78-91(96)104-84-89(110-93(98)80-76-72-68-64-60-56-52-48-45-42-39-35-31-27-23-19-15-11-7-3)86-108-112(101,102)106-82-87(94)81-105-111(99,100)107-85-88(83-103-90(95)77-73-69-65-61-57-53-49-36-32-28-24-20-16-12-8-4)109-92(97)79-75-71-67-63-59-55-51-47-44-41-38-34-30-26-22-18-14-10-6-2/h9-11,13-15,21-23,25-27,33-39,43-49,54-56,58-60,67-68,71-72,87-89,94H,5-8,12,16-20,24,28-32,40-42,50-53,57,61-66,69-70,73-86H2,1-4H3,(H,99,100)(H,101,102)/b13-9-,14-10-,15-11-,25-21-,26-22-,27-23-,37-33-,38-34-,39-35-,46-43-,47-44-,48-45-,49-36-,58-54-,59-55-,60-56-,71-67-,72-68-/t87-,88+,89+/m0/s1. The van der Waals surface area contributed by atoms with Crippen molar-refractivity contribution >= 4 is 39.5 Å². The van der Waals surface area contributed by atoms with Gasteiger partial charge in [0.15, 0.2) is 12.2 Å². The van der Waals surface area contributed by atoms with Crippen LogP contribution in [0, 0.1) is 0 Å². The van der Waals surface area contributed by atoms with Gasteiger partial charge in [0, 0.05) is 25.7 Å². The van der Waals surface area contributed by atoms with E-state index < -0.39 is 97.5 Å². The Morgan fingerprint density at radius 2 is 0.482 bits per heavy atom. The third-order valence-corrected chi connectivity index (χ3v) is 18.3. The number of aliphatic hydroxyl groups is 1. The fourth-order valence-electron chi connectivity index (χ4n) is 10.2. The second-order valence-electron chi connectivity index (χ2n) is 26.9. The van der Waals surface area contributed by atoms with Crippen LogP contribution in [0.1, 0.15) is 285 Å². The summed E-state index contributed by atoms with van der Waals surface area (Å²) in [4.78, 5) is 73.2. The highest BCUT2D eigenvalue weighted by Gasteiger charge is 2.30. The first kappa shape index (κ1) is 105. The fraction of sp³-hybridized carbons (Fsp3) is 0.570. The molecule has 19 heteroatoms. The molecule has 0 aromatic rings. The first-order chi connectivity index (χ1) is 54.7. The molecule has 0 aromatic heterocycles. The largest absolute Gasteiger partial charge is 0.472 e. The smallest absolute Gasteiger partial charge is 0.462 e. The molecule has 0 amide bonds. The molecule has 0 saturated carbocycles. The maximum atomic E-state index is 13.1. The van der Waals surface area contributed by atoms with Gasteiger partial charge in [0.2, 0.25) is 0 Å². The lowest BCUT2D eigenvalue weighted by molar-refractivity contribution is -0.161. The van der Waals surface area contributed by atoms with Gasteiger partial charge in [-0.05, 0) is 173 Å². The number of rotatable bonds is 76. The van der Waals surface area contributed by atoms with Gasteiger partial charge in [-0.25, -0.2) is 9.13 Å². The first-order valence-corrected chi connectivity index (χ1v) is 45.0. The number of esters is 4. The van der Waals surface area contributed by atoms with Gasteiger partial charge in [0.05, 0.1) is 26.4 Å². The van der Waals surface area contributed by atoms with Gasteiger partial charge in [0.1, 0.15) is 19.3 Å². The summed E-state index contributed by atoms with van der Waals surface area (Å²) in [6.45, 7) is 4.28. The summed E-state index contributed by atoms with van der Waals surface area (Å²) in [6, 6.07) is 0. The normalized spacial score (nSPS) is 14.9.